The molecule has 0 unspecified atom stereocenters. The van der Waals surface area contributed by atoms with E-state index >= 15 is 0 Å². The molecular weight excluding hydrogens is 164 g/mol. The van der Waals surface area contributed by atoms with E-state index in [0.29, 0.717) is 0 Å². The summed E-state index contributed by atoms with van der Waals surface area (Å²) in [5, 5.41) is 3.09. The van der Waals surface area contributed by atoms with Gasteiger partial charge in [0.25, 0.3) is 0 Å². The number of nitrogens with zero attached hydrogens (tertiary/aromatic N) is 1. The Bertz CT molecular complexity index is 361. The van der Waals surface area contributed by atoms with Gasteiger partial charge in [0, 0.05) is 24.5 Å². The van der Waals surface area contributed by atoms with Crippen LogP contribution in [-0.4, -0.2) is 22.0 Å². The Morgan fingerprint density at radius 1 is 1.54 bits per heavy atom. The molecule has 2 aromatic heterocycles. The zero-order valence-electron chi connectivity index (χ0n) is 7.46. The summed E-state index contributed by atoms with van der Waals surface area (Å²) in [7, 11) is 1.92. The van der Waals surface area contributed by atoms with E-state index in [-0.39, 0.29) is 0 Å². The first-order valence-electron chi connectivity index (χ1n) is 4.22. The van der Waals surface area contributed by atoms with Crippen LogP contribution in [0.2, 0.25) is 0 Å². The molecule has 2 aromatic rings. The van der Waals surface area contributed by atoms with Crippen LogP contribution >= 0.6 is 0 Å². The van der Waals surface area contributed by atoms with E-state index in [0.717, 1.165) is 23.5 Å². The van der Waals surface area contributed by atoms with Gasteiger partial charge in [0.15, 0.2) is 0 Å². The van der Waals surface area contributed by atoms with Gasteiger partial charge in [-0.05, 0) is 13.1 Å². The van der Waals surface area contributed by atoms with Gasteiger partial charge in [0.1, 0.15) is 0 Å². The molecule has 0 aliphatic heterocycles. The van der Waals surface area contributed by atoms with Gasteiger partial charge in [-0.2, -0.15) is 0 Å². The fourth-order valence-corrected chi connectivity index (χ4v) is 1.35. The fraction of sp³-hybridized carbons (Fsp3) is 0.222. The smallest absolute Gasteiger partial charge is 0.0941 e. The third kappa shape index (κ3) is 1.48. The molecule has 0 aliphatic rings. The van der Waals surface area contributed by atoms with Crippen molar-refractivity contribution in [3.63, 3.8) is 0 Å². The van der Waals surface area contributed by atoms with Crippen LogP contribution in [0.25, 0.3) is 11.3 Å². The maximum absolute atomic E-state index is 4.26. The minimum absolute atomic E-state index is 0.806. The normalized spacial score (nSPS) is 10.5. The lowest BCUT2D eigenvalue weighted by Crippen LogP contribution is -2.06. The summed E-state index contributed by atoms with van der Waals surface area (Å²) in [5.41, 5.74) is 3.24. The van der Waals surface area contributed by atoms with Gasteiger partial charge < -0.3 is 15.3 Å². The molecule has 4 nitrogen and oxygen atoms in total. The third-order valence-electron chi connectivity index (χ3n) is 1.94. The Kier molecular flexibility index (Phi) is 2.14. The number of hydrogen-bond donors (Lipinski definition) is 3. The van der Waals surface area contributed by atoms with Crippen molar-refractivity contribution in [2.24, 2.45) is 0 Å². The van der Waals surface area contributed by atoms with Gasteiger partial charge in [-0.25, -0.2) is 4.98 Å². The molecule has 13 heavy (non-hydrogen) atoms. The summed E-state index contributed by atoms with van der Waals surface area (Å²) < 4.78 is 0. The van der Waals surface area contributed by atoms with E-state index < -0.39 is 0 Å². The summed E-state index contributed by atoms with van der Waals surface area (Å²) in [6.45, 7) is 0.806. The minimum atomic E-state index is 0.806. The van der Waals surface area contributed by atoms with Gasteiger partial charge >= 0.3 is 0 Å². The number of aromatic amines is 2. The average molecular weight is 176 g/mol. The Morgan fingerprint density at radius 2 is 2.46 bits per heavy atom. The minimum Gasteiger partial charge on any atom is -0.367 e. The fourth-order valence-electron chi connectivity index (χ4n) is 1.35. The maximum atomic E-state index is 4.26. The maximum Gasteiger partial charge on any atom is 0.0941 e. The van der Waals surface area contributed by atoms with Gasteiger partial charge in [0.2, 0.25) is 0 Å². The molecule has 0 bridgehead atoms. The molecule has 0 saturated heterocycles. The Hall–Kier alpha value is -1.55. The van der Waals surface area contributed by atoms with Crippen LogP contribution in [0.4, 0.5) is 0 Å². The van der Waals surface area contributed by atoms with Crippen LogP contribution in [0.3, 0.4) is 0 Å². The molecule has 2 heterocycles. The second kappa shape index (κ2) is 3.45. The summed E-state index contributed by atoms with van der Waals surface area (Å²) in [5.74, 6) is 0. The molecule has 3 N–H and O–H groups in total. The molecule has 4 heteroatoms. The Labute approximate surface area is 76.4 Å². The quantitative estimate of drug-likeness (QED) is 0.656. The lowest BCUT2D eigenvalue weighted by Gasteiger charge is -1.98. The zero-order valence-corrected chi connectivity index (χ0v) is 7.46. The molecule has 0 fully saturated rings. The van der Waals surface area contributed by atoms with Gasteiger partial charge in [-0.15, -0.1) is 0 Å². The zero-order chi connectivity index (χ0) is 9.10. The lowest BCUT2D eigenvalue weighted by atomic mass is 10.2. The van der Waals surface area contributed by atoms with E-state index in [1.807, 2.05) is 25.5 Å². The molecule has 68 valence electrons. The van der Waals surface area contributed by atoms with Crippen molar-refractivity contribution in [1.29, 1.82) is 0 Å². The van der Waals surface area contributed by atoms with Crippen LogP contribution in [0, 0.1) is 0 Å². The van der Waals surface area contributed by atoms with Crippen LogP contribution in [0.15, 0.2) is 24.8 Å². The average Bonchev–Trinajstić information content (AvgIpc) is 2.71. The highest BCUT2D eigenvalue weighted by Gasteiger charge is 2.06. The van der Waals surface area contributed by atoms with Crippen molar-refractivity contribution < 1.29 is 0 Å². The van der Waals surface area contributed by atoms with Crippen LogP contribution < -0.4 is 5.32 Å². The van der Waals surface area contributed by atoms with Crippen LogP contribution in [0.1, 0.15) is 5.69 Å². The van der Waals surface area contributed by atoms with Gasteiger partial charge in [0.05, 0.1) is 17.7 Å². The van der Waals surface area contributed by atoms with Crippen molar-refractivity contribution in [3.8, 4) is 11.3 Å². The monoisotopic (exact) mass is 176 g/mol. The highest BCUT2D eigenvalue weighted by Crippen LogP contribution is 2.18. The Balaban J connectivity index is 2.35. The lowest BCUT2D eigenvalue weighted by molar-refractivity contribution is 0.799. The predicted molar refractivity (Wildman–Crippen MR) is 51.1 cm³/mol. The largest absolute Gasteiger partial charge is 0.367 e. The third-order valence-corrected chi connectivity index (χ3v) is 1.94. The molecule has 2 rings (SSSR count). The molecule has 0 aliphatic carbocycles. The van der Waals surface area contributed by atoms with Crippen molar-refractivity contribution >= 4 is 0 Å². The summed E-state index contributed by atoms with van der Waals surface area (Å²) in [4.78, 5) is 10.4. The Morgan fingerprint density at radius 3 is 3.15 bits per heavy atom. The molecule has 0 aromatic carbocycles. The molecule has 0 saturated carbocycles. The highest BCUT2D eigenvalue weighted by atomic mass is 14.9. The highest BCUT2D eigenvalue weighted by molar-refractivity contribution is 5.60. The summed E-state index contributed by atoms with van der Waals surface area (Å²) in [6, 6.07) is 2.01. The molecule has 0 atom stereocenters. The number of hydrogen-bond acceptors (Lipinski definition) is 2. The SMILES string of the molecule is CNCc1[nH]cnc1-c1cc[nH]c1. The van der Waals surface area contributed by atoms with Crippen LogP contribution in [-0.2, 0) is 6.54 Å². The predicted octanol–water partition coefficient (Wildman–Crippen LogP) is 1.12. The molecule has 0 spiro atoms. The topological polar surface area (TPSA) is 56.5 Å². The van der Waals surface area contributed by atoms with E-state index in [2.05, 4.69) is 20.3 Å². The molecule has 0 radical (unpaired) electrons. The first-order chi connectivity index (χ1) is 6.42. The van der Waals surface area contributed by atoms with Gasteiger partial charge in [-0.3, -0.25) is 0 Å². The molecular formula is C9H12N4. The number of H-pyrrole nitrogens is 2. The summed E-state index contributed by atoms with van der Waals surface area (Å²) >= 11 is 0. The summed E-state index contributed by atoms with van der Waals surface area (Å²) in [6.07, 6.45) is 5.55. The number of rotatable bonds is 3. The van der Waals surface area contributed by atoms with E-state index in [1.54, 1.807) is 6.33 Å². The van der Waals surface area contributed by atoms with E-state index in [4.69, 9.17) is 0 Å². The first kappa shape index (κ1) is 8.07. The van der Waals surface area contributed by atoms with E-state index in [1.165, 1.54) is 0 Å². The van der Waals surface area contributed by atoms with Crippen molar-refractivity contribution in [3.05, 3.63) is 30.5 Å². The van der Waals surface area contributed by atoms with Crippen LogP contribution in [0.5, 0.6) is 0 Å². The first-order valence-corrected chi connectivity index (χ1v) is 4.22. The standard InChI is InChI=1S/C9H12N4/c1-10-5-8-9(13-6-12-8)7-2-3-11-4-7/h2-4,6,10-11H,5H2,1H3,(H,12,13). The number of aromatic nitrogens is 3. The van der Waals surface area contributed by atoms with Gasteiger partial charge in [-0.1, -0.05) is 0 Å². The second-order valence-electron chi connectivity index (χ2n) is 2.86. The van der Waals surface area contributed by atoms with E-state index in [9.17, 15) is 0 Å². The van der Waals surface area contributed by atoms with Crippen molar-refractivity contribution in [2.75, 3.05) is 7.05 Å². The second-order valence-corrected chi connectivity index (χ2v) is 2.86. The molecule has 0 amide bonds. The number of imidazole rings is 1. The number of nitrogens with one attached hydrogen (secondary N) is 3. The van der Waals surface area contributed by atoms with Crippen molar-refractivity contribution in [2.45, 2.75) is 6.54 Å². The van der Waals surface area contributed by atoms with Crippen molar-refractivity contribution in [1.82, 2.24) is 20.3 Å².